The van der Waals surface area contributed by atoms with Gasteiger partial charge >= 0.3 is 0 Å². The minimum atomic E-state index is -3.18. The monoisotopic (exact) mass is 487 g/mol. The first kappa shape index (κ1) is 23.5. The second-order valence-corrected chi connectivity index (χ2v) is 10.2. The minimum absolute atomic E-state index is 0.0528. The van der Waals surface area contributed by atoms with Gasteiger partial charge in [0.15, 0.2) is 27.9 Å². The first-order valence-corrected chi connectivity index (χ1v) is 12.1. The highest BCUT2D eigenvalue weighted by atomic mass is 35.5. The van der Waals surface area contributed by atoms with Crippen LogP contribution in [0, 0.1) is 0 Å². The highest BCUT2D eigenvalue weighted by Gasteiger charge is 2.35. The summed E-state index contributed by atoms with van der Waals surface area (Å²) in [6.45, 7) is -0.0811. The second kappa shape index (κ2) is 9.97. The number of benzene rings is 2. The molecule has 2 aromatic carbocycles. The van der Waals surface area contributed by atoms with Crippen molar-refractivity contribution >= 4 is 38.9 Å². The van der Waals surface area contributed by atoms with E-state index in [0.29, 0.717) is 28.7 Å². The number of nitrogens with zero attached hydrogens (tertiary/aromatic N) is 1. The predicted molar refractivity (Wildman–Crippen MR) is 119 cm³/mol. The van der Waals surface area contributed by atoms with Crippen molar-refractivity contribution in [2.24, 2.45) is 0 Å². The van der Waals surface area contributed by atoms with E-state index in [9.17, 15) is 13.2 Å². The second-order valence-electron chi connectivity index (χ2n) is 7.13. The summed E-state index contributed by atoms with van der Waals surface area (Å²) in [5.41, 5.74) is 0.778. The van der Waals surface area contributed by atoms with Gasteiger partial charge in [0, 0.05) is 17.6 Å². The molecular weight excluding hydrogens is 465 g/mol. The summed E-state index contributed by atoms with van der Waals surface area (Å²) in [4.78, 5) is 14.6. The fourth-order valence-corrected chi connectivity index (χ4v) is 5.63. The largest absolute Gasteiger partial charge is 0.493 e. The number of hydrogen-bond acceptors (Lipinski definition) is 6. The highest BCUT2D eigenvalue weighted by Crippen LogP contribution is 2.30. The Labute approximate surface area is 191 Å². The maximum Gasteiger partial charge on any atom is 0.261 e. The molecule has 1 heterocycles. The Hall–Kier alpha value is -2.16. The average molecular weight is 488 g/mol. The Kier molecular flexibility index (Phi) is 7.56. The molecule has 1 amide bonds. The lowest BCUT2D eigenvalue weighted by Gasteiger charge is -2.28. The van der Waals surface area contributed by atoms with E-state index >= 15 is 0 Å². The van der Waals surface area contributed by atoms with Gasteiger partial charge in [0.1, 0.15) is 5.75 Å². The number of hydrogen-bond donors (Lipinski definition) is 0. The van der Waals surface area contributed by atoms with Crippen molar-refractivity contribution in [2.45, 2.75) is 19.0 Å². The molecule has 0 aromatic heterocycles. The molecular formula is C21H23Cl2NO6S. The molecule has 168 valence electrons. The maximum atomic E-state index is 13.1. The summed E-state index contributed by atoms with van der Waals surface area (Å²) in [5, 5.41) is 0.741. The van der Waals surface area contributed by atoms with Gasteiger partial charge in [-0.05, 0) is 42.3 Å². The Morgan fingerprint density at radius 2 is 1.77 bits per heavy atom. The fraction of sp³-hybridized carbons (Fsp3) is 0.381. The van der Waals surface area contributed by atoms with Crippen LogP contribution in [0.25, 0.3) is 0 Å². The lowest BCUT2D eigenvalue weighted by Crippen LogP contribution is -2.43. The first-order valence-electron chi connectivity index (χ1n) is 9.51. The van der Waals surface area contributed by atoms with Crippen molar-refractivity contribution < 1.29 is 27.4 Å². The molecule has 0 aliphatic carbocycles. The van der Waals surface area contributed by atoms with E-state index in [4.69, 9.17) is 37.4 Å². The van der Waals surface area contributed by atoms with E-state index in [0.717, 1.165) is 5.56 Å². The molecule has 10 heteroatoms. The zero-order valence-corrected chi connectivity index (χ0v) is 19.5. The van der Waals surface area contributed by atoms with Crippen LogP contribution >= 0.6 is 23.2 Å². The summed E-state index contributed by atoms with van der Waals surface area (Å²) < 4.78 is 40.2. The van der Waals surface area contributed by atoms with E-state index < -0.39 is 15.9 Å². The van der Waals surface area contributed by atoms with Gasteiger partial charge in [-0.2, -0.15) is 0 Å². The van der Waals surface area contributed by atoms with Gasteiger partial charge in [-0.1, -0.05) is 29.3 Å². The van der Waals surface area contributed by atoms with Gasteiger partial charge in [-0.15, -0.1) is 0 Å². The molecule has 1 saturated heterocycles. The van der Waals surface area contributed by atoms with Crippen LogP contribution in [0.5, 0.6) is 17.2 Å². The van der Waals surface area contributed by atoms with Gasteiger partial charge in [0.2, 0.25) is 0 Å². The molecule has 1 fully saturated rings. The number of methoxy groups -OCH3 is 2. The van der Waals surface area contributed by atoms with Crippen LogP contribution in [0.2, 0.25) is 10.0 Å². The third kappa shape index (κ3) is 5.96. The standard InChI is InChI=1S/C21H23Cl2NO6S/c1-28-19-5-3-14(9-20(19)29-2)11-24(16-7-8-31(26,27)13-16)21(25)12-30-18-6-4-15(22)10-17(18)23/h3-6,9-10,16H,7-8,11-13H2,1-2H3/t16-/m1/s1. The smallest absolute Gasteiger partial charge is 0.261 e. The van der Waals surface area contributed by atoms with Gasteiger partial charge in [0.25, 0.3) is 5.91 Å². The molecule has 0 unspecified atom stereocenters. The number of ether oxygens (including phenoxy) is 3. The van der Waals surface area contributed by atoms with E-state index in [-0.39, 0.29) is 35.6 Å². The fourth-order valence-electron chi connectivity index (χ4n) is 3.43. The Morgan fingerprint density at radius 1 is 1.06 bits per heavy atom. The van der Waals surface area contributed by atoms with Crippen molar-refractivity contribution in [1.82, 2.24) is 4.90 Å². The minimum Gasteiger partial charge on any atom is -0.493 e. The molecule has 0 spiro atoms. The van der Waals surface area contributed by atoms with Gasteiger partial charge in [0.05, 0.1) is 30.7 Å². The van der Waals surface area contributed by atoms with Crippen LogP contribution in [0.1, 0.15) is 12.0 Å². The average Bonchev–Trinajstić information content (AvgIpc) is 3.10. The Balaban J connectivity index is 1.80. The number of rotatable bonds is 8. The Morgan fingerprint density at radius 3 is 2.39 bits per heavy atom. The van der Waals surface area contributed by atoms with Crippen LogP contribution in [0.3, 0.4) is 0 Å². The predicted octanol–water partition coefficient (Wildman–Crippen LogP) is 3.61. The number of carbonyl (C=O) groups is 1. The molecule has 7 nitrogen and oxygen atoms in total. The van der Waals surface area contributed by atoms with Crippen LogP contribution < -0.4 is 14.2 Å². The summed E-state index contributed by atoms with van der Waals surface area (Å²) in [7, 11) is -0.120. The third-order valence-corrected chi connectivity index (χ3v) is 7.30. The van der Waals surface area contributed by atoms with Gasteiger partial charge in [-0.25, -0.2) is 8.42 Å². The summed E-state index contributed by atoms with van der Waals surface area (Å²) in [6.07, 6.45) is 0.378. The molecule has 0 N–H and O–H groups in total. The molecule has 1 aliphatic heterocycles. The van der Waals surface area contributed by atoms with E-state index in [1.807, 2.05) is 6.07 Å². The molecule has 31 heavy (non-hydrogen) atoms. The number of sulfone groups is 1. The quantitative estimate of drug-likeness (QED) is 0.565. The lowest BCUT2D eigenvalue weighted by atomic mass is 10.1. The third-order valence-electron chi connectivity index (χ3n) is 5.02. The van der Waals surface area contributed by atoms with Crippen LogP contribution in [0.4, 0.5) is 0 Å². The molecule has 1 aliphatic rings. The van der Waals surface area contributed by atoms with E-state index in [1.165, 1.54) is 25.2 Å². The maximum absolute atomic E-state index is 13.1. The zero-order chi connectivity index (χ0) is 22.6. The van der Waals surface area contributed by atoms with Crippen molar-refractivity contribution in [3.8, 4) is 17.2 Å². The summed E-state index contributed by atoms with van der Waals surface area (Å²) >= 11 is 12.0. The zero-order valence-electron chi connectivity index (χ0n) is 17.1. The molecule has 2 aromatic rings. The lowest BCUT2D eigenvalue weighted by molar-refractivity contribution is -0.136. The summed E-state index contributed by atoms with van der Waals surface area (Å²) in [6, 6.07) is 9.59. The first-order chi connectivity index (χ1) is 14.7. The topological polar surface area (TPSA) is 82.1 Å². The van der Waals surface area contributed by atoms with Crippen molar-refractivity contribution in [1.29, 1.82) is 0 Å². The SMILES string of the molecule is COc1ccc(CN(C(=O)COc2ccc(Cl)cc2Cl)[C@@H]2CCS(=O)(=O)C2)cc1OC. The molecule has 0 bridgehead atoms. The number of carbonyl (C=O) groups excluding carboxylic acids is 1. The number of amides is 1. The van der Waals surface area contributed by atoms with E-state index in [2.05, 4.69) is 0 Å². The van der Waals surface area contributed by atoms with E-state index in [1.54, 1.807) is 24.3 Å². The van der Waals surface area contributed by atoms with Crippen molar-refractivity contribution in [2.75, 3.05) is 32.3 Å². The molecule has 0 radical (unpaired) electrons. The molecule has 3 rings (SSSR count). The summed E-state index contributed by atoms with van der Waals surface area (Å²) in [5.74, 6) is 1.04. The van der Waals surface area contributed by atoms with Crippen molar-refractivity contribution in [3.05, 3.63) is 52.0 Å². The van der Waals surface area contributed by atoms with Gasteiger partial charge < -0.3 is 19.1 Å². The highest BCUT2D eigenvalue weighted by molar-refractivity contribution is 7.91. The molecule has 0 saturated carbocycles. The normalized spacial score (nSPS) is 17.2. The molecule has 1 atom stereocenters. The van der Waals surface area contributed by atoms with Crippen molar-refractivity contribution in [3.63, 3.8) is 0 Å². The van der Waals surface area contributed by atoms with Crippen LogP contribution in [-0.4, -0.2) is 57.6 Å². The van der Waals surface area contributed by atoms with Gasteiger partial charge in [-0.3, -0.25) is 4.79 Å². The number of halogens is 2. The Bertz CT molecular complexity index is 1060. The van der Waals surface area contributed by atoms with Crippen LogP contribution in [-0.2, 0) is 21.2 Å². The van der Waals surface area contributed by atoms with Crippen LogP contribution in [0.15, 0.2) is 36.4 Å².